The minimum Gasteiger partial charge on any atom is -0.463 e. The molecular weight excluding hydrogens is 387 g/mol. The van der Waals surface area contributed by atoms with Gasteiger partial charge in [0.2, 0.25) is 12.6 Å². The highest BCUT2D eigenvalue weighted by Crippen LogP contribution is 2.40. The molecule has 1 aromatic carbocycles. The van der Waals surface area contributed by atoms with Gasteiger partial charge in [0.05, 0.1) is 10.9 Å². The highest BCUT2D eigenvalue weighted by Gasteiger charge is 2.39. The molecule has 8 heteroatoms. The zero-order valence-corrected chi connectivity index (χ0v) is 17.0. The number of nitrogens with one attached hydrogen (secondary N) is 1. The molecular formula is C22H23FN4O3. The standard InChI is InChI=1S/C22H23FN4O3/c1-13-17(18-19(26-22(2)7-8-22)24-12-25-20(18)30-13)21(28)27-9-6-14-4-3-5-16(29-11-23)15(14)10-27/h3-5,12H,6-11H2,1-2H3,(H,24,25,26). The lowest BCUT2D eigenvalue weighted by Crippen LogP contribution is -2.36. The first kappa shape index (κ1) is 18.8. The summed E-state index contributed by atoms with van der Waals surface area (Å²) in [6.07, 6.45) is 4.24. The van der Waals surface area contributed by atoms with Gasteiger partial charge in [0.25, 0.3) is 5.91 Å². The van der Waals surface area contributed by atoms with Crippen molar-refractivity contribution in [3.8, 4) is 5.75 Å². The molecule has 1 aliphatic carbocycles. The van der Waals surface area contributed by atoms with Crippen LogP contribution in [0.5, 0.6) is 5.75 Å². The molecule has 0 radical (unpaired) electrons. The molecule has 1 aliphatic heterocycles. The zero-order chi connectivity index (χ0) is 20.9. The molecule has 156 valence electrons. The molecule has 3 aromatic rings. The van der Waals surface area contributed by atoms with Crippen molar-refractivity contribution in [3.63, 3.8) is 0 Å². The van der Waals surface area contributed by atoms with Gasteiger partial charge in [-0.2, -0.15) is 0 Å². The summed E-state index contributed by atoms with van der Waals surface area (Å²) in [6.45, 7) is 3.91. The Morgan fingerprint density at radius 3 is 2.97 bits per heavy atom. The number of anilines is 1. The van der Waals surface area contributed by atoms with Crippen molar-refractivity contribution in [2.45, 2.75) is 45.2 Å². The second kappa shape index (κ2) is 6.97. The van der Waals surface area contributed by atoms with E-state index in [1.54, 1.807) is 17.9 Å². The van der Waals surface area contributed by atoms with Crippen LogP contribution in [-0.2, 0) is 13.0 Å². The van der Waals surface area contributed by atoms with E-state index < -0.39 is 6.86 Å². The molecule has 1 fully saturated rings. The first-order chi connectivity index (χ1) is 14.5. The van der Waals surface area contributed by atoms with Crippen LogP contribution in [0.25, 0.3) is 11.1 Å². The molecule has 3 heterocycles. The van der Waals surface area contributed by atoms with Gasteiger partial charge in [-0.1, -0.05) is 12.1 Å². The van der Waals surface area contributed by atoms with Crippen LogP contribution in [0.4, 0.5) is 10.2 Å². The SMILES string of the molecule is Cc1oc2ncnc(NC3(C)CC3)c2c1C(=O)N1CCc2cccc(OCF)c2C1. The maximum atomic E-state index is 13.6. The number of fused-ring (bicyclic) bond motifs is 2. The van der Waals surface area contributed by atoms with Crippen LogP contribution < -0.4 is 10.1 Å². The number of alkyl halides is 1. The third kappa shape index (κ3) is 3.16. The molecule has 1 amide bonds. The van der Waals surface area contributed by atoms with Crippen LogP contribution in [0.1, 0.15) is 47.0 Å². The Balaban J connectivity index is 1.52. The number of aromatic nitrogens is 2. The summed E-state index contributed by atoms with van der Waals surface area (Å²) >= 11 is 0. The Hall–Kier alpha value is -3.16. The number of nitrogens with zero attached hydrogens (tertiary/aromatic N) is 3. The van der Waals surface area contributed by atoms with E-state index in [-0.39, 0.29) is 11.4 Å². The lowest BCUT2D eigenvalue weighted by molar-refractivity contribution is 0.0731. The van der Waals surface area contributed by atoms with Crippen molar-refractivity contribution in [3.05, 3.63) is 47.0 Å². The first-order valence-corrected chi connectivity index (χ1v) is 10.1. The summed E-state index contributed by atoms with van der Waals surface area (Å²) in [4.78, 5) is 23.9. The number of benzene rings is 1. The van der Waals surface area contributed by atoms with Gasteiger partial charge in [0.1, 0.15) is 23.7 Å². The molecule has 30 heavy (non-hydrogen) atoms. The number of rotatable bonds is 5. The number of ether oxygens (including phenoxy) is 1. The molecule has 1 N–H and O–H groups in total. The molecule has 0 atom stereocenters. The van der Waals surface area contributed by atoms with E-state index in [1.807, 2.05) is 12.1 Å². The van der Waals surface area contributed by atoms with Crippen molar-refractivity contribution < 1.29 is 18.3 Å². The van der Waals surface area contributed by atoms with Crippen LogP contribution in [0.3, 0.4) is 0 Å². The summed E-state index contributed by atoms with van der Waals surface area (Å²) in [6, 6.07) is 5.58. The van der Waals surface area contributed by atoms with Crippen LogP contribution in [0, 0.1) is 6.92 Å². The van der Waals surface area contributed by atoms with Crippen molar-refractivity contribution in [2.75, 3.05) is 18.7 Å². The van der Waals surface area contributed by atoms with Crippen LogP contribution in [0.2, 0.25) is 0 Å². The second-order valence-electron chi connectivity index (χ2n) is 8.25. The monoisotopic (exact) mass is 410 g/mol. The molecule has 0 bridgehead atoms. The van der Waals surface area contributed by atoms with Crippen molar-refractivity contribution in [1.82, 2.24) is 14.9 Å². The fourth-order valence-corrected chi connectivity index (χ4v) is 4.07. The van der Waals surface area contributed by atoms with Gasteiger partial charge in [-0.15, -0.1) is 0 Å². The van der Waals surface area contributed by atoms with Gasteiger partial charge in [-0.25, -0.2) is 14.4 Å². The van der Waals surface area contributed by atoms with E-state index >= 15 is 0 Å². The Morgan fingerprint density at radius 2 is 2.20 bits per heavy atom. The smallest absolute Gasteiger partial charge is 0.258 e. The molecule has 0 saturated heterocycles. The van der Waals surface area contributed by atoms with Crippen LogP contribution in [0.15, 0.2) is 28.9 Å². The average molecular weight is 410 g/mol. The van der Waals surface area contributed by atoms with Crippen molar-refractivity contribution >= 4 is 22.8 Å². The Kier molecular flexibility index (Phi) is 4.38. The molecule has 5 rings (SSSR count). The third-order valence-electron chi connectivity index (χ3n) is 6.03. The van der Waals surface area contributed by atoms with Gasteiger partial charge in [0.15, 0.2) is 0 Å². The van der Waals surface area contributed by atoms with E-state index in [1.165, 1.54) is 6.33 Å². The zero-order valence-electron chi connectivity index (χ0n) is 17.0. The number of halogens is 1. The minimum absolute atomic E-state index is 0.00452. The average Bonchev–Trinajstić information content (AvgIpc) is 3.36. The summed E-state index contributed by atoms with van der Waals surface area (Å²) in [5.41, 5.74) is 2.79. The number of hydrogen-bond donors (Lipinski definition) is 1. The highest BCUT2D eigenvalue weighted by atomic mass is 19.1. The van der Waals surface area contributed by atoms with Crippen LogP contribution >= 0.6 is 0 Å². The van der Waals surface area contributed by atoms with E-state index in [0.717, 1.165) is 24.0 Å². The normalized spacial score (nSPS) is 17.0. The quantitative estimate of drug-likeness (QED) is 0.685. The fourth-order valence-electron chi connectivity index (χ4n) is 4.07. The molecule has 0 spiro atoms. The second-order valence-corrected chi connectivity index (χ2v) is 8.25. The minimum atomic E-state index is -0.902. The third-order valence-corrected chi connectivity index (χ3v) is 6.03. The van der Waals surface area contributed by atoms with Gasteiger partial charge in [-0.3, -0.25) is 4.79 Å². The molecule has 1 saturated carbocycles. The van der Waals surface area contributed by atoms with Gasteiger partial charge in [-0.05, 0) is 44.7 Å². The number of amides is 1. The van der Waals surface area contributed by atoms with Crippen LogP contribution in [-0.4, -0.2) is 39.7 Å². The Bertz CT molecular complexity index is 1140. The lowest BCUT2D eigenvalue weighted by Gasteiger charge is -2.30. The predicted octanol–water partition coefficient (Wildman–Crippen LogP) is 4.00. The van der Waals surface area contributed by atoms with Gasteiger partial charge >= 0.3 is 0 Å². The van der Waals surface area contributed by atoms with Crippen molar-refractivity contribution in [1.29, 1.82) is 0 Å². The van der Waals surface area contributed by atoms with Gasteiger partial charge < -0.3 is 19.4 Å². The van der Waals surface area contributed by atoms with Crippen molar-refractivity contribution in [2.24, 2.45) is 0 Å². The highest BCUT2D eigenvalue weighted by molar-refractivity contribution is 6.10. The number of aryl methyl sites for hydroxylation is 1. The van der Waals surface area contributed by atoms with E-state index in [9.17, 15) is 9.18 Å². The molecule has 0 unspecified atom stereocenters. The lowest BCUT2D eigenvalue weighted by atomic mass is 9.98. The number of hydrogen-bond acceptors (Lipinski definition) is 6. The maximum Gasteiger partial charge on any atom is 0.258 e. The predicted molar refractivity (Wildman–Crippen MR) is 109 cm³/mol. The number of furan rings is 1. The summed E-state index contributed by atoms with van der Waals surface area (Å²) in [5, 5.41) is 4.06. The number of carbonyl (C=O) groups is 1. The van der Waals surface area contributed by atoms with E-state index in [2.05, 4.69) is 22.2 Å². The Morgan fingerprint density at radius 1 is 1.37 bits per heavy atom. The summed E-state index contributed by atoms with van der Waals surface area (Å²) < 4.78 is 23.8. The molecule has 7 nitrogen and oxygen atoms in total. The molecule has 2 aliphatic rings. The Labute approximate surface area is 173 Å². The number of carbonyl (C=O) groups excluding carboxylic acids is 1. The summed E-state index contributed by atoms with van der Waals surface area (Å²) in [7, 11) is 0. The maximum absolute atomic E-state index is 13.6. The van der Waals surface area contributed by atoms with E-state index in [4.69, 9.17) is 9.15 Å². The first-order valence-electron chi connectivity index (χ1n) is 10.1. The topological polar surface area (TPSA) is 80.5 Å². The molecule has 2 aromatic heterocycles. The van der Waals surface area contributed by atoms with E-state index in [0.29, 0.717) is 53.5 Å². The fraction of sp³-hybridized carbons (Fsp3) is 0.409. The summed E-state index contributed by atoms with van der Waals surface area (Å²) in [5.74, 6) is 1.47. The van der Waals surface area contributed by atoms with Gasteiger partial charge in [0, 0.05) is 24.2 Å². The largest absolute Gasteiger partial charge is 0.463 e.